The van der Waals surface area contributed by atoms with Crippen LogP contribution in [0.25, 0.3) is 16.6 Å². The number of ether oxygens (including phenoxy) is 2. The molecule has 1 aliphatic heterocycles. The number of carbonyl (C=O) groups is 1. The maximum Gasteiger partial charge on any atom is 0.259 e. The number of nitrogens with one attached hydrogen (secondary N) is 1. The minimum absolute atomic E-state index is 0.0715. The van der Waals surface area contributed by atoms with Crippen LogP contribution < -0.4 is 10.1 Å². The van der Waals surface area contributed by atoms with Crippen molar-refractivity contribution < 1.29 is 14.3 Å². The van der Waals surface area contributed by atoms with E-state index in [4.69, 9.17) is 9.47 Å². The molecule has 1 aliphatic rings. The molecule has 1 N–H and O–H groups in total. The lowest BCUT2D eigenvalue weighted by Gasteiger charge is -2.22. The summed E-state index contributed by atoms with van der Waals surface area (Å²) in [5.41, 5.74) is 2.30. The fourth-order valence-corrected chi connectivity index (χ4v) is 3.79. The summed E-state index contributed by atoms with van der Waals surface area (Å²) in [7, 11) is 0. The van der Waals surface area contributed by atoms with E-state index in [1.165, 1.54) is 0 Å². The zero-order valence-electron chi connectivity index (χ0n) is 17.5. The van der Waals surface area contributed by atoms with E-state index >= 15 is 0 Å². The number of aromatic nitrogens is 5. The molecule has 1 fully saturated rings. The lowest BCUT2D eigenvalue weighted by molar-refractivity contribution is -0.0390. The molecule has 9 nitrogen and oxygen atoms in total. The molecule has 1 amide bonds. The Kier molecular flexibility index (Phi) is 5.03. The Bertz CT molecular complexity index is 1240. The molecule has 4 heterocycles. The van der Waals surface area contributed by atoms with Crippen LogP contribution in [-0.4, -0.2) is 43.0 Å². The van der Waals surface area contributed by atoms with Crippen molar-refractivity contribution >= 4 is 28.1 Å². The summed E-state index contributed by atoms with van der Waals surface area (Å²) in [4.78, 5) is 17.5. The van der Waals surface area contributed by atoms with Gasteiger partial charge in [0.25, 0.3) is 5.91 Å². The third-order valence-corrected chi connectivity index (χ3v) is 5.21. The quantitative estimate of drug-likeness (QED) is 0.527. The lowest BCUT2D eigenvalue weighted by Crippen LogP contribution is -2.18. The number of benzene rings is 1. The van der Waals surface area contributed by atoms with E-state index in [0.29, 0.717) is 22.6 Å². The molecule has 0 spiro atoms. The molecule has 9 heteroatoms. The van der Waals surface area contributed by atoms with Crippen LogP contribution in [0.3, 0.4) is 0 Å². The molecule has 0 saturated carbocycles. The van der Waals surface area contributed by atoms with Crippen molar-refractivity contribution in [3.05, 3.63) is 48.5 Å². The number of carbonyl (C=O) groups excluding carboxylic acids is 1. The van der Waals surface area contributed by atoms with Gasteiger partial charge in [-0.25, -0.2) is 14.2 Å². The van der Waals surface area contributed by atoms with Gasteiger partial charge >= 0.3 is 0 Å². The predicted molar refractivity (Wildman–Crippen MR) is 115 cm³/mol. The molecule has 1 unspecified atom stereocenters. The largest absolute Gasteiger partial charge is 0.490 e. The van der Waals surface area contributed by atoms with Crippen molar-refractivity contribution in [2.45, 2.75) is 45.4 Å². The molecule has 1 aromatic carbocycles. The second-order valence-corrected chi connectivity index (χ2v) is 7.90. The number of amides is 1. The maximum absolute atomic E-state index is 13.2. The number of rotatable bonds is 5. The second kappa shape index (κ2) is 7.99. The van der Waals surface area contributed by atoms with Crippen LogP contribution in [0, 0.1) is 0 Å². The van der Waals surface area contributed by atoms with Crippen molar-refractivity contribution in [1.82, 2.24) is 24.4 Å². The molecule has 3 aromatic heterocycles. The Morgan fingerprint density at radius 1 is 1.32 bits per heavy atom. The second-order valence-electron chi connectivity index (χ2n) is 7.90. The highest BCUT2D eigenvalue weighted by Gasteiger charge is 2.21. The van der Waals surface area contributed by atoms with Gasteiger partial charge in [0.15, 0.2) is 5.65 Å². The summed E-state index contributed by atoms with van der Waals surface area (Å²) in [6.07, 6.45) is 9.91. The molecule has 5 rings (SSSR count). The SMILES string of the molecule is CC(C)Oc1cc2nn(C3CCCCO3)cc2cc1C(=O)Nc1cnn2cccnc12. The van der Waals surface area contributed by atoms with E-state index in [9.17, 15) is 4.79 Å². The smallest absolute Gasteiger partial charge is 0.259 e. The zero-order valence-corrected chi connectivity index (χ0v) is 17.5. The number of fused-ring (bicyclic) bond motifs is 2. The molecule has 31 heavy (non-hydrogen) atoms. The average molecular weight is 420 g/mol. The van der Waals surface area contributed by atoms with Crippen molar-refractivity contribution in [2.24, 2.45) is 0 Å². The number of hydrogen-bond donors (Lipinski definition) is 1. The van der Waals surface area contributed by atoms with Gasteiger partial charge in [-0.05, 0) is 45.2 Å². The van der Waals surface area contributed by atoms with Crippen LogP contribution in [-0.2, 0) is 4.74 Å². The third-order valence-electron chi connectivity index (χ3n) is 5.21. The minimum atomic E-state index is -0.292. The first-order chi connectivity index (χ1) is 15.1. The normalized spacial score (nSPS) is 16.8. The van der Waals surface area contributed by atoms with Gasteiger partial charge < -0.3 is 14.8 Å². The predicted octanol–water partition coefficient (Wildman–Crippen LogP) is 3.82. The Balaban J connectivity index is 1.51. The molecule has 0 radical (unpaired) electrons. The Morgan fingerprint density at radius 2 is 2.23 bits per heavy atom. The summed E-state index contributed by atoms with van der Waals surface area (Å²) >= 11 is 0. The van der Waals surface area contributed by atoms with E-state index in [1.54, 1.807) is 29.2 Å². The van der Waals surface area contributed by atoms with E-state index in [0.717, 1.165) is 36.8 Å². The van der Waals surface area contributed by atoms with E-state index in [2.05, 4.69) is 20.5 Å². The summed E-state index contributed by atoms with van der Waals surface area (Å²) < 4.78 is 15.3. The van der Waals surface area contributed by atoms with E-state index in [-0.39, 0.29) is 18.2 Å². The summed E-state index contributed by atoms with van der Waals surface area (Å²) in [6.45, 7) is 4.59. The fourth-order valence-electron chi connectivity index (χ4n) is 3.79. The zero-order chi connectivity index (χ0) is 21.4. The van der Waals surface area contributed by atoms with Gasteiger partial charge in [0.1, 0.15) is 17.7 Å². The number of anilines is 1. The van der Waals surface area contributed by atoms with Gasteiger partial charge in [0, 0.05) is 36.7 Å². The van der Waals surface area contributed by atoms with Gasteiger partial charge in [-0.3, -0.25) is 4.79 Å². The van der Waals surface area contributed by atoms with Crippen LogP contribution in [0.15, 0.2) is 43.0 Å². The van der Waals surface area contributed by atoms with Crippen LogP contribution in [0.1, 0.15) is 49.7 Å². The molecule has 4 aromatic rings. The molecule has 0 aliphatic carbocycles. The molecule has 160 valence electrons. The van der Waals surface area contributed by atoms with Crippen molar-refractivity contribution in [2.75, 3.05) is 11.9 Å². The third kappa shape index (κ3) is 3.84. The molecule has 0 bridgehead atoms. The Labute approximate surface area is 179 Å². The van der Waals surface area contributed by atoms with Crippen LogP contribution in [0.5, 0.6) is 5.75 Å². The monoisotopic (exact) mass is 420 g/mol. The maximum atomic E-state index is 13.2. The van der Waals surface area contributed by atoms with Crippen molar-refractivity contribution in [3.63, 3.8) is 0 Å². The van der Waals surface area contributed by atoms with E-state index in [1.807, 2.05) is 36.9 Å². The lowest BCUT2D eigenvalue weighted by atomic mass is 10.1. The van der Waals surface area contributed by atoms with Gasteiger partial charge in [-0.2, -0.15) is 10.2 Å². The van der Waals surface area contributed by atoms with Crippen molar-refractivity contribution in [1.29, 1.82) is 0 Å². The molecular formula is C22H24N6O3. The van der Waals surface area contributed by atoms with Crippen LogP contribution in [0.4, 0.5) is 5.69 Å². The molecule has 1 atom stereocenters. The molecular weight excluding hydrogens is 396 g/mol. The van der Waals surface area contributed by atoms with Gasteiger partial charge in [-0.1, -0.05) is 0 Å². The van der Waals surface area contributed by atoms with E-state index < -0.39 is 0 Å². The van der Waals surface area contributed by atoms with Gasteiger partial charge in [0.05, 0.1) is 23.4 Å². The van der Waals surface area contributed by atoms with Gasteiger partial charge in [0.2, 0.25) is 0 Å². The Morgan fingerprint density at radius 3 is 3.03 bits per heavy atom. The topological polar surface area (TPSA) is 95.6 Å². The highest BCUT2D eigenvalue weighted by Crippen LogP contribution is 2.30. The van der Waals surface area contributed by atoms with Crippen LogP contribution in [0.2, 0.25) is 0 Å². The minimum Gasteiger partial charge on any atom is -0.490 e. The summed E-state index contributed by atoms with van der Waals surface area (Å²) in [6, 6.07) is 5.41. The highest BCUT2D eigenvalue weighted by molar-refractivity contribution is 6.09. The first-order valence-electron chi connectivity index (χ1n) is 10.5. The standard InChI is InChI=1S/C22H24N6O3/c1-14(2)31-19-11-17-15(13-28(26-17)20-6-3-4-9-30-20)10-16(19)22(29)25-18-12-24-27-8-5-7-23-21(18)27/h5,7-8,10-14,20H,3-4,6,9H2,1-2H3,(H,25,29). The van der Waals surface area contributed by atoms with Crippen LogP contribution >= 0.6 is 0 Å². The first kappa shape index (κ1) is 19.5. The number of hydrogen-bond acceptors (Lipinski definition) is 6. The van der Waals surface area contributed by atoms with Crippen molar-refractivity contribution in [3.8, 4) is 5.75 Å². The average Bonchev–Trinajstić information content (AvgIpc) is 3.37. The Hall–Kier alpha value is -3.46. The fraction of sp³-hybridized carbons (Fsp3) is 0.364. The highest BCUT2D eigenvalue weighted by atomic mass is 16.5. The first-order valence-corrected chi connectivity index (χ1v) is 10.5. The number of nitrogens with zero attached hydrogens (tertiary/aromatic N) is 5. The summed E-state index contributed by atoms with van der Waals surface area (Å²) in [5, 5.41) is 12.7. The summed E-state index contributed by atoms with van der Waals surface area (Å²) in [5.74, 6) is 0.194. The van der Waals surface area contributed by atoms with Gasteiger partial charge in [-0.15, -0.1) is 0 Å². The molecule has 1 saturated heterocycles.